The van der Waals surface area contributed by atoms with Gasteiger partial charge in [-0.25, -0.2) is 9.59 Å². The molecule has 136 valence electrons. The molecule has 0 unspecified atom stereocenters. The van der Waals surface area contributed by atoms with Crippen molar-refractivity contribution in [3.63, 3.8) is 0 Å². The molecule has 7 nitrogen and oxygen atoms in total. The molecule has 4 amide bonds. The number of urea groups is 2. The summed E-state index contributed by atoms with van der Waals surface area (Å²) < 4.78 is 0. The summed E-state index contributed by atoms with van der Waals surface area (Å²) in [5.41, 5.74) is 2.16. The highest BCUT2D eigenvalue weighted by atomic mass is 16.3. The number of carbonyl (C=O) groups is 2. The fraction of sp³-hybridized carbons (Fsp3) is 0.263. The van der Waals surface area contributed by atoms with Gasteiger partial charge in [0.05, 0.1) is 5.69 Å². The van der Waals surface area contributed by atoms with E-state index in [2.05, 4.69) is 10.6 Å². The number of benzene rings is 2. The SMILES string of the molecule is Cc1ccccc1NC(=O)N1CCN(C(=O)Nc2ccccc2O)CC1. The molecule has 1 heterocycles. The van der Waals surface area contributed by atoms with E-state index in [0.717, 1.165) is 11.3 Å². The van der Waals surface area contributed by atoms with Gasteiger partial charge in [0.25, 0.3) is 0 Å². The maximum Gasteiger partial charge on any atom is 0.322 e. The van der Waals surface area contributed by atoms with E-state index in [4.69, 9.17) is 0 Å². The Hall–Kier alpha value is -3.22. The molecule has 0 spiro atoms. The number of carbonyl (C=O) groups excluding carboxylic acids is 2. The molecule has 3 N–H and O–H groups in total. The van der Waals surface area contributed by atoms with Crippen molar-refractivity contribution < 1.29 is 14.7 Å². The quantitative estimate of drug-likeness (QED) is 0.725. The van der Waals surface area contributed by atoms with Crippen molar-refractivity contribution in [2.75, 3.05) is 36.8 Å². The second-order valence-electron chi connectivity index (χ2n) is 6.17. The predicted molar refractivity (Wildman–Crippen MR) is 100 cm³/mol. The normalized spacial score (nSPS) is 14.0. The van der Waals surface area contributed by atoms with E-state index in [1.165, 1.54) is 6.07 Å². The average molecular weight is 354 g/mol. The molecule has 0 radical (unpaired) electrons. The number of hydrogen-bond acceptors (Lipinski definition) is 3. The zero-order chi connectivity index (χ0) is 18.5. The van der Waals surface area contributed by atoms with E-state index in [-0.39, 0.29) is 17.8 Å². The van der Waals surface area contributed by atoms with Crippen LogP contribution >= 0.6 is 0 Å². The Morgan fingerprint density at radius 1 is 0.808 bits per heavy atom. The van der Waals surface area contributed by atoms with Crippen molar-refractivity contribution in [2.24, 2.45) is 0 Å². The number of nitrogens with zero attached hydrogens (tertiary/aromatic N) is 2. The van der Waals surface area contributed by atoms with Crippen molar-refractivity contribution in [1.82, 2.24) is 9.80 Å². The van der Waals surface area contributed by atoms with Gasteiger partial charge < -0.3 is 25.5 Å². The molecule has 0 aromatic heterocycles. The third kappa shape index (κ3) is 4.05. The first-order chi connectivity index (χ1) is 12.5. The number of para-hydroxylation sites is 3. The van der Waals surface area contributed by atoms with E-state index in [9.17, 15) is 14.7 Å². The largest absolute Gasteiger partial charge is 0.506 e. The molecule has 0 aliphatic carbocycles. The van der Waals surface area contributed by atoms with Crippen LogP contribution in [0.15, 0.2) is 48.5 Å². The van der Waals surface area contributed by atoms with Gasteiger partial charge in [0, 0.05) is 31.9 Å². The van der Waals surface area contributed by atoms with Gasteiger partial charge in [-0.05, 0) is 30.7 Å². The maximum absolute atomic E-state index is 12.4. The molecular weight excluding hydrogens is 332 g/mol. The van der Waals surface area contributed by atoms with Crippen LogP contribution in [0, 0.1) is 6.92 Å². The Bertz CT molecular complexity index is 733. The van der Waals surface area contributed by atoms with Crippen LogP contribution in [-0.4, -0.2) is 53.1 Å². The highest BCUT2D eigenvalue weighted by Gasteiger charge is 2.24. The fourth-order valence-electron chi connectivity index (χ4n) is 2.79. The van der Waals surface area contributed by atoms with E-state index in [1.54, 1.807) is 28.0 Å². The van der Waals surface area contributed by atoms with Crippen LogP contribution in [0.5, 0.6) is 5.75 Å². The molecule has 0 saturated carbocycles. The van der Waals surface area contributed by atoms with E-state index in [0.29, 0.717) is 31.9 Å². The third-order valence-corrected chi connectivity index (χ3v) is 4.39. The highest BCUT2D eigenvalue weighted by molar-refractivity contribution is 5.92. The number of piperazine rings is 1. The van der Waals surface area contributed by atoms with Crippen LogP contribution in [0.1, 0.15) is 5.56 Å². The molecule has 3 rings (SSSR count). The number of phenolic OH excluding ortho intramolecular Hbond substituents is 1. The van der Waals surface area contributed by atoms with Crippen LogP contribution in [0.4, 0.5) is 21.0 Å². The molecule has 0 bridgehead atoms. The summed E-state index contributed by atoms with van der Waals surface area (Å²) in [6.07, 6.45) is 0. The standard InChI is InChI=1S/C19H22N4O3/c1-14-6-2-3-7-15(14)20-18(25)22-10-12-23(13-11-22)19(26)21-16-8-4-5-9-17(16)24/h2-9,24H,10-13H2,1H3,(H,20,25)(H,21,26). The van der Waals surface area contributed by atoms with Crippen LogP contribution in [0.25, 0.3) is 0 Å². The molecule has 1 aliphatic rings. The zero-order valence-corrected chi connectivity index (χ0v) is 14.6. The van der Waals surface area contributed by atoms with Gasteiger partial charge in [0.15, 0.2) is 0 Å². The van der Waals surface area contributed by atoms with Crippen molar-refractivity contribution >= 4 is 23.4 Å². The molecule has 26 heavy (non-hydrogen) atoms. The van der Waals surface area contributed by atoms with Crippen LogP contribution in [0.2, 0.25) is 0 Å². The fourth-order valence-corrected chi connectivity index (χ4v) is 2.79. The topological polar surface area (TPSA) is 84.9 Å². The van der Waals surface area contributed by atoms with Gasteiger partial charge >= 0.3 is 12.1 Å². The minimum absolute atomic E-state index is 0.0251. The zero-order valence-electron chi connectivity index (χ0n) is 14.6. The lowest BCUT2D eigenvalue weighted by Crippen LogP contribution is -2.52. The Morgan fingerprint density at radius 2 is 1.27 bits per heavy atom. The molecule has 2 aromatic carbocycles. The van der Waals surface area contributed by atoms with E-state index < -0.39 is 0 Å². The molecule has 2 aromatic rings. The van der Waals surface area contributed by atoms with Crippen molar-refractivity contribution in [3.8, 4) is 5.75 Å². The summed E-state index contributed by atoms with van der Waals surface area (Å²) in [5, 5.41) is 15.3. The van der Waals surface area contributed by atoms with Gasteiger partial charge in [0.1, 0.15) is 5.75 Å². The minimum Gasteiger partial charge on any atom is -0.506 e. The lowest BCUT2D eigenvalue weighted by atomic mass is 10.2. The Morgan fingerprint density at radius 3 is 1.81 bits per heavy atom. The van der Waals surface area contributed by atoms with Crippen LogP contribution in [-0.2, 0) is 0 Å². The van der Waals surface area contributed by atoms with Crippen LogP contribution in [0.3, 0.4) is 0 Å². The summed E-state index contributed by atoms with van der Waals surface area (Å²) in [5.74, 6) is 0.0251. The smallest absolute Gasteiger partial charge is 0.322 e. The van der Waals surface area contributed by atoms with Crippen molar-refractivity contribution in [3.05, 3.63) is 54.1 Å². The Balaban J connectivity index is 1.52. The van der Waals surface area contributed by atoms with Gasteiger partial charge in [0.2, 0.25) is 0 Å². The first-order valence-corrected chi connectivity index (χ1v) is 8.50. The summed E-state index contributed by atoms with van der Waals surface area (Å²) in [6, 6.07) is 13.7. The number of nitrogens with one attached hydrogen (secondary N) is 2. The Labute approximate surface area is 152 Å². The minimum atomic E-state index is -0.287. The summed E-state index contributed by atoms with van der Waals surface area (Å²) in [6.45, 7) is 3.70. The summed E-state index contributed by atoms with van der Waals surface area (Å²) >= 11 is 0. The molecule has 7 heteroatoms. The average Bonchev–Trinajstić information content (AvgIpc) is 2.65. The number of anilines is 2. The summed E-state index contributed by atoms with van der Waals surface area (Å²) in [4.78, 5) is 28.0. The molecule has 1 fully saturated rings. The monoisotopic (exact) mass is 354 g/mol. The van der Waals surface area contributed by atoms with Crippen LogP contribution < -0.4 is 10.6 Å². The number of amides is 4. The Kier molecular flexibility index (Phi) is 5.26. The van der Waals surface area contributed by atoms with E-state index in [1.807, 2.05) is 31.2 Å². The lowest BCUT2D eigenvalue weighted by Gasteiger charge is -2.34. The maximum atomic E-state index is 12.4. The number of aryl methyl sites for hydroxylation is 1. The molecule has 0 atom stereocenters. The van der Waals surface area contributed by atoms with E-state index >= 15 is 0 Å². The highest BCUT2D eigenvalue weighted by Crippen LogP contribution is 2.22. The van der Waals surface area contributed by atoms with Crippen molar-refractivity contribution in [1.29, 1.82) is 0 Å². The molecule has 1 saturated heterocycles. The second kappa shape index (κ2) is 7.77. The predicted octanol–water partition coefficient (Wildman–Crippen LogP) is 3.08. The first kappa shape index (κ1) is 17.6. The first-order valence-electron chi connectivity index (χ1n) is 8.50. The second-order valence-corrected chi connectivity index (χ2v) is 6.17. The van der Waals surface area contributed by atoms with Gasteiger partial charge in [-0.15, -0.1) is 0 Å². The number of phenols is 1. The summed E-state index contributed by atoms with van der Waals surface area (Å²) in [7, 11) is 0. The lowest BCUT2D eigenvalue weighted by molar-refractivity contribution is 0.156. The number of aromatic hydroxyl groups is 1. The molecular formula is C19H22N4O3. The number of hydrogen-bond donors (Lipinski definition) is 3. The van der Waals surface area contributed by atoms with Gasteiger partial charge in [-0.1, -0.05) is 30.3 Å². The third-order valence-electron chi connectivity index (χ3n) is 4.39. The number of rotatable bonds is 2. The van der Waals surface area contributed by atoms with Crippen molar-refractivity contribution in [2.45, 2.75) is 6.92 Å². The molecule has 1 aliphatic heterocycles. The van der Waals surface area contributed by atoms with Gasteiger partial charge in [-0.3, -0.25) is 0 Å². The van der Waals surface area contributed by atoms with Gasteiger partial charge in [-0.2, -0.15) is 0 Å².